The van der Waals surface area contributed by atoms with Gasteiger partial charge >= 0.3 is 0 Å². The third-order valence-electron chi connectivity index (χ3n) is 5.88. The molecular formula is C27H26N2O3. The van der Waals surface area contributed by atoms with E-state index in [9.17, 15) is 9.59 Å². The average Bonchev–Trinajstić information content (AvgIpc) is 2.80. The molecule has 0 saturated carbocycles. The number of amides is 1. The van der Waals surface area contributed by atoms with Crippen LogP contribution >= 0.6 is 0 Å². The normalized spacial score (nSPS) is 10.9. The molecule has 1 aromatic heterocycles. The average molecular weight is 427 g/mol. The standard InChI is InChI=1S/C27H26N2O3/c1-17-10-9-11-18(2)23(17)24-20-13-6-7-14-21(20)27(31)29(3)25(24)26(30)28-16-19-12-5-8-15-22(19)32-4/h5-15H,16H2,1-4H3,(H,28,30). The Hall–Kier alpha value is -3.86. The molecule has 4 aromatic rings. The molecule has 3 aromatic carbocycles. The van der Waals surface area contributed by atoms with Crippen molar-refractivity contribution in [2.75, 3.05) is 7.11 Å². The zero-order chi connectivity index (χ0) is 22.8. The summed E-state index contributed by atoms with van der Waals surface area (Å²) in [5.41, 5.74) is 4.86. The van der Waals surface area contributed by atoms with E-state index in [2.05, 4.69) is 5.32 Å². The Labute approximate surface area is 187 Å². The molecule has 0 bridgehead atoms. The van der Waals surface area contributed by atoms with E-state index in [-0.39, 0.29) is 18.0 Å². The van der Waals surface area contributed by atoms with Gasteiger partial charge in [0.15, 0.2) is 0 Å². The van der Waals surface area contributed by atoms with Crippen LogP contribution in [0.5, 0.6) is 5.75 Å². The molecule has 0 spiro atoms. The molecule has 1 N–H and O–H groups in total. The van der Waals surface area contributed by atoms with Crippen LogP contribution in [0.25, 0.3) is 21.9 Å². The number of carbonyl (C=O) groups excluding carboxylic acids is 1. The van der Waals surface area contributed by atoms with Crippen molar-refractivity contribution in [1.82, 2.24) is 9.88 Å². The van der Waals surface area contributed by atoms with Gasteiger partial charge in [0.2, 0.25) is 0 Å². The Morgan fingerprint density at radius 2 is 1.50 bits per heavy atom. The molecule has 0 saturated heterocycles. The zero-order valence-electron chi connectivity index (χ0n) is 18.7. The summed E-state index contributed by atoms with van der Waals surface area (Å²) in [6.07, 6.45) is 0. The number of aromatic nitrogens is 1. The van der Waals surface area contributed by atoms with Gasteiger partial charge in [0.1, 0.15) is 11.4 Å². The summed E-state index contributed by atoms with van der Waals surface area (Å²) in [7, 11) is 3.26. The molecule has 0 atom stereocenters. The molecule has 0 aliphatic rings. The van der Waals surface area contributed by atoms with Crippen LogP contribution in [0.2, 0.25) is 0 Å². The number of nitrogens with zero attached hydrogens (tertiary/aromatic N) is 1. The maximum absolute atomic E-state index is 13.5. The number of aryl methyl sites for hydroxylation is 2. The molecule has 0 unspecified atom stereocenters. The first-order valence-electron chi connectivity index (χ1n) is 10.5. The van der Waals surface area contributed by atoms with Gasteiger partial charge in [0.25, 0.3) is 11.5 Å². The number of hydrogen-bond donors (Lipinski definition) is 1. The van der Waals surface area contributed by atoms with Crippen LogP contribution in [0, 0.1) is 13.8 Å². The fourth-order valence-corrected chi connectivity index (χ4v) is 4.30. The molecule has 5 heteroatoms. The van der Waals surface area contributed by atoms with Gasteiger partial charge in [-0.1, -0.05) is 54.6 Å². The first-order chi connectivity index (χ1) is 15.4. The number of carbonyl (C=O) groups is 1. The predicted octanol–water partition coefficient (Wildman–Crippen LogP) is 4.76. The topological polar surface area (TPSA) is 60.3 Å². The van der Waals surface area contributed by atoms with E-state index in [1.54, 1.807) is 14.2 Å². The molecular weight excluding hydrogens is 400 g/mol. The van der Waals surface area contributed by atoms with Crippen molar-refractivity contribution < 1.29 is 9.53 Å². The molecule has 0 fully saturated rings. The highest BCUT2D eigenvalue weighted by molar-refractivity contribution is 6.09. The Morgan fingerprint density at radius 3 is 2.19 bits per heavy atom. The summed E-state index contributed by atoms with van der Waals surface area (Å²) in [5, 5.41) is 4.36. The lowest BCUT2D eigenvalue weighted by molar-refractivity contribution is 0.0942. The summed E-state index contributed by atoms with van der Waals surface area (Å²) < 4.78 is 6.86. The maximum Gasteiger partial charge on any atom is 0.268 e. The number of para-hydroxylation sites is 1. The molecule has 1 amide bonds. The SMILES string of the molecule is COc1ccccc1CNC(=O)c1c(-c2c(C)cccc2C)c2ccccc2c(=O)n1C. The number of nitrogens with one attached hydrogen (secondary N) is 1. The zero-order valence-corrected chi connectivity index (χ0v) is 18.7. The van der Waals surface area contributed by atoms with E-state index in [1.165, 1.54) is 4.57 Å². The summed E-state index contributed by atoms with van der Waals surface area (Å²) in [5.74, 6) is 0.397. The molecule has 5 nitrogen and oxygen atoms in total. The van der Waals surface area contributed by atoms with E-state index in [0.29, 0.717) is 16.8 Å². The van der Waals surface area contributed by atoms with Crippen molar-refractivity contribution in [2.45, 2.75) is 20.4 Å². The highest BCUT2D eigenvalue weighted by Gasteiger charge is 2.23. The predicted molar refractivity (Wildman–Crippen MR) is 128 cm³/mol. The van der Waals surface area contributed by atoms with E-state index < -0.39 is 0 Å². The molecule has 0 radical (unpaired) electrons. The summed E-state index contributed by atoms with van der Waals surface area (Å²) in [6, 6.07) is 21.1. The van der Waals surface area contributed by atoms with Crippen LogP contribution in [0.3, 0.4) is 0 Å². The first kappa shape index (κ1) is 21.4. The monoisotopic (exact) mass is 426 g/mol. The molecule has 0 aliphatic heterocycles. The quantitative estimate of drug-likeness (QED) is 0.501. The van der Waals surface area contributed by atoms with Gasteiger partial charge < -0.3 is 14.6 Å². The minimum absolute atomic E-state index is 0.196. The van der Waals surface area contributed by atoms with Crippen molar-refractivity contribution >= 4 is 16.7 Å². The van der Waals surface area contributed by atoms with E-state index in [0.717, 1.165) is 33.2 Å². The number of ether oxygens (including phenoxy) is 1. The van der Waals surface area contributed by atoms with Gasteiger partial charge in [0.05, 0.1) is 7.11 Å². The minimum atomic E-state index is -0.307. The third-order valence-corrected chi connectivity index (χ3v) is 5.88. The lowest BCUT2D eigenvalue weighted by Gasteiger charge is -2.20. The van der Waals surface area contributed by atoms with Gasteiger partial charge in [0, 0.05) is 30.1 Å². The van der Waals surface area contributed by atoms with E-state index >= 15 is 0 Å². The second-order valence-electron chi connectivity index (χ2n) is 7.89. The van der Waals surface area contributed by atoms with E-state index in [4.69, 9.17) is 4.74 Å². The van der Waals surface area contributed by atoms with Gasteiger partial charge in [-0.15, -0.1) is 0 Å². The second kappa shape index (κ2) is 8.71. The summed E-state index contributed by atoms with van der Waals surface area (Å²) in [6.45, 7) is 4.34. The number of hydrogen-bond acceptors (Lipinski definition) is 3. The van der Waals surface area contributed by atoms with Crippen LogP contribution < -0.4 is 15.6 Å². The third kappa shape index (κ3) is 3.66. The van der Waals surface area contributed by atoms with Crippen molar-refractivity contribution in [3.8, 4) is 16.9 Å². The number of benzene rings is 3. The highest BCUT2D eigenvalue weighted by atomic mass is 16.5. The Balaban J connectivity index is 1.92. The summed E-state index contributed by atoms with van der Waals surface area (Å²) in [4.78, 5) is 26.7. The van der Waals surface area contributed by atoms with Crippen LogP contribution in [-0.2, 0) is 13.6 Å². The van der Waals surface area contributed by atoms with Crippen molar-refractivity contribution in [2.24, 2.45) is 7.05 Å². The number of methoxy groups -OCH3 is 1. The minimum Gasteiger partial charge on any atom is -0.496 e. The summed E-state index contributed by atoms with van der Waals surface area (Å²) >= 11 is 0. The fourth-order valence-electron chi connectivity index (χ4n) is 4.30. The first-order valence-corrected chi connectivity index (χ1v) is 10.5. The van der Waals surface area contributed by atoms with Gasteiger partial charge in [-0.25, -0.2) is 0 Å². The Kier molecular flexibility index (Phi) is 5.82. The number of rotatable bonds is 5. The largest absolute Gasteiger partial charge is 0.496 e. The van der Waals surface area contributed by atoms with E-state index in [1.807, 2.05) is 80.6 Å². The van der Waals surface area contributed by atoms with Crippen molar-refractivity contribution in [3.63, 3.8) is 0 Å². The second-order valence-corrected chi connectivity index (χ2v) is 7.89. The lowest BCUT2D eigenvalue weighted by Crippen LogP contribution is -2.32. The molecule has 0 aliphatic carbocycles. The molecule has 1 heterocycles. The van der Waals surface area contributed by atoms with Crippen LogP contribution in [0.4, 0.5) is 0 Å². The number of pyridine rings is 1. The van der Waals surface area contributed by atoms with Crippen LogP contribution in [0.15, 0.2) is 71.5 Å². The smallest absolute Gasteiger partial charge is 0.268 e. The lowest BCUT2D eigenvalue weighted by atomic mass is 9.90. The van der Waals surface area contributed by atoms with Gasteiger partial charge in [-0.3, -0.25) is 9.59 Å². The van der Waals surface area contributed by atoms with Gasteiger partial charge in [-0.05, 0) is 48.1 Å². The van der Waals surface area contributed by atoms with Crippen molar-refractivity contribution in [3.05, 3.63) is 99.5 Å². The Bertz CT molecular complexity index is 1370. The van der Waals surface area contributed by atoms with Crippen LogP contribution in [0.1, 0.15) is 27.2 Å². The molecule has 4 rings (SSSR count). The maximum atomic E-state index is 13.5. The Morgan fingerprint density at radius 1 is 0.875 bits per heavy atom. The van der Waals surface area contributed by atoms with Gasteiger partial charge in [-0.2, -0.15) is 0 Å². The fraction of sp³-hybridized carbons (Fsp3) is 0.185. The van der Waals surface area contributed by atoms with Crippen LogP contribution in [-0.4, -0.2) is 17.6 Å². The van der Waals surface area contributed by atoms with Crippen molar-refractivity contribution in [1.29, 1.82) is 0 Å². The highest BCUT2D eigenvalue weighted by Crippen LogP contribution is 2.35. The molecule has 162 valence electrons. The molecule has 32 heavy (non-hydrogen) atoms. The number of fused-ring (bicyclic) bond motifs is 1.